The molecule has 0 aliphatic rings. The number of hydrogen-bond donors (Lipinski definition) is 1. The van der Waals surface area contributed by atoms with Crippen molar-refractivity contribution in [1.29, 1.82) is 0 Å². The van der Waals surface area contributed by atoms with Gasteiger partial charge in [-0.2, -0.15) is 4.98 Å². The zero-order valence-corrected chi connectivity index (χ0v) is 11.1. The van der Waals surface area contributed by atoms with Gasteiger partial charge in [-0.25, -0.2) is 13.2 Å². The predicted octanol–water partition coefficient (Wildman–Crippen LogP) is 0.698. The molecule has 0 amide bonds. The third-order valence-electron chi connectivity index (χ3n) is 2.12. The van der Waals surface area contributed by atoms with Gasteiger partial charge in [0.15, 0.2) is 15.5 Å². The number of carbonyl (C=O) groups excluding carboxylic acids is 1. The number of rotatable bonds is 7. The second kappa shape index (κ2) is 6.39. The summed E-state index contributed by atoms with van der Waals surface area (Å²) in [7, 11) is -3.03. The van der Waals surface area contributed by atoms with E-state index in [2.05, 4.69) is 10.3 Å². The largest absolute Gasteiger partial charge is 0.461 e. The molecule has 0 bridgehead atoms. The summed E-state index contributed by atoms with van der Waals surface area (Å²) >= 11 is 0. The van der Waals surface area contributed by atoms with E-state index in [0.717, 1.165) is 6.26 Å². The second-order valence-corrected chi connectivity index (χ2v) is 5.89. The van der Waals surface area contributed by atoms with Gasteiger partial charge in [0.1, 0.15) is 6.26 Å². The van der Waals surface area contributed by atoms with Crippen molar-refractivity contribution in [1.82, 2.24) is 4.98 Å². The maximum absolute atomic E-state index is 11.3. The first-order valence-corrected chi connectivity index (χ1v) is 7.37. The minimum atomic E-state index is -3.03. The van der Waals surface area contributed by atoms with Gasteiger partial charge < -0.3 is 14.5 Å². The zero-order valence-electron chi connectivity index (χ0n) is 10.3. The van der Waals surface area contributed by atoms with E-state index in [0.29, 0.717) is 0 Å². The minimum Gasteiger partial charge on any atom is -0.461 e. The number of oxazole rings is 1. The molecule has 0 saturated carbocycles. The molecule has 0 spiro atoms. The third-order valence-corrected chi connectivity index (χ3v) is 3.82. The molecule has 0 fully saturated rings. The van der Waals surface area contributed by atoms with Crippen LogP contribution in [0.1, 0.15) is 24.3 Å². The van der Waals surface area contributed by atoms with Gasteiger partial charge in [0, 0.05) is 12.3 Å². The van der Waals surface area contributed by atoms with Crippen LogP contribution in [0.5, 0.6) is 0 Å². The van der Waals surface area contributed by atoms with E-state index < -0.39 is 15.8 Å². The molecule has 18 heavy (non-hydrogen) atoms. The fraction of sp³-hybridized carbons (Fsp3) is 0.600. The Balaban J connectivity index is 2.47. The van der Waals surface area contributed by atoms with Gasteiger partial charge in [-0.3, -0.25) is 0 Å². The molecule has 1 aromatic heterocycles. The first kappa shape index (κ1) is 14.5. The summed E-state index contributed by atoms with van der Waals surface area (Å²) < 4.78 is 32.1. The van der Waals surface area contributed by atoms with Crippen LogP contribution in [0.25, 0.3) is 0 Å². The number of esters is 1. The molecule has 1 N–H and O–H groups in total. The van der Waals surface area contributed by atoms with Crippen LogP contribution in [0, 0.1) is 0 Å². The highest BCUT2D eigenvalue weighted by Gasteiger charge is 2.13. The molecule has 0 saturated heterocycles. The van der Waals surface area contributed by atoms with E-state index >= 15 is 0 Å². The van der Waals surface area contributed by atoms with E-state index in [4.69, 9.17) is 9.15 Å². The van der Waals surface area contributed by atoms with Crippen molar-refractivity contribution < 1.29 is 22.4 Å². The Hall–Kier alpha value is -1.57. The molecular weight excluding hydrogens is 260 g/mol. The van der Waals surface area contributed by atoms with Crippen LogP contribution < -0.4 is 5.32 Å². The molecule has 0 radical (unpaired) electrons. The lowest BCUT2D eigenvalue weighted by atomic mass is 10.5. The van der Waals surface area contributed by atoms with Crippen molar-refractivity contribution in [2.75, 3.05) is 30.0 Å². The number of sulfone groups is 1. The van der Waals surface area contributed by atoms with Crippen molar-refractivity contribution in [3.63, 3.8) is 0 Å². The fourth-order valence-corrected chi connectivity index (χ4v) is 1.81. The van der Waals surface area contributed by atoms with E-state index in [1.165, 1.54) is 0 Å². The van der Waals surface area contributed by atoms with Gasteiger partial charge in [0.05, 0.1) is 12.4 Å². The number of ether oxygens (including phenoxy) is 1. The normalized spacial score (nSPS) is 11.2. The maximum atomic E-state index is 11.3. The third kappa shape index (κ3) is 4.36. The van der Waals surface area contributed by atoms with E-state index in [1.807, 2.05) is 0 Å². The summed E-state index contributed by atoms with van der Waals surface area (Å²) in [5, 5.41) is 2.69. The highest BCUT2D eigenvalue weighted by atomic mass is 32.2. The van der Waals surface area contributed by atoms with Gasteiger partial charge in [0.2, 0.25) is 0 Å². The Morgan fingerprint density at radius 2 is 2.22 bits per heavy atom. The van der Waals surface area contributed by atoms with E-state index in [-0.39, 0.29) is 36.4 Å². The summed E-state index contributed by atoms with van der Waals surface area (Å²) in [6.07, 6.45) is 1.16. The number of anilines is 1. The fourth-order valence-electron chi connectivity index (χ4n) is 1.11. The summed E-state index contributed by atoms with van der Waals surface area (Å²) in [5.74, 6) is -0.495. The van der Waals surface area contributed by atoms with Crippen LogP contribution in [-0.4, -0.2) is 44.0 Å². The first-order chi connectivity index (χ1) is 8.48. The molecule has 0 unspecified atom stereocenters. The standard InChI is InChI=1S/C10H16N2O5S/c1-3-16-9(13)8-7-17-10(12-8)11-5-6-18(14,15)4-2/h7H,3-6H2,1-2H3,(H,11,12). The molecule has 1 heterocycles. The van der Waals surface area contributed by atoms with Crippen LogP contribution in [0.4, 0.5) is 6.01 Å². The zero-order chi connectivity index (χ0) is 13.6. The Morgan fingerprint density at radius 1 is 1.50 bits per heavy atom. The van der Waals surface area contributed by atoms with Crippen molar-refractivity contribution in [2.24, 2.45) is 0 Å². The van der Waals surface area contributed by atoms with Gasteiger partial charge in [-0.15, -0.1) is 0 Å². The highest BCUT2D eigenvalue weighted by molar-refractivity contribution is 7.91. The molecule has 1 rings (SSSR count). The lowest BCUT2D eigenvalue weighted by Gasteiger charge is -2.01. The van der Waals surface area contributed by atoms with Crippen LogP contribution in [-0.2, 0) is 14.6 Å². The maximum Gasteiger partial charge on any atom is 0.360 e. The van der Waals surface area contributed by atoms with Gasteiger partial charge in [-0.1, -0.05) is 6.92 Å². The molecule has 0 atom stereocenters. The molecule has 8 heteroatoms. The van der Waals surface area contributed by atoms with E-state index in [9.17, 15) is 13.2 Å². The SMILES string of the molecule is CCOC(=O)c1coc(NCCS(=O)(=O)CC)n1. The monoisotopic (exact) mass is 276 g/mol. The molecule has 0 aromatic carbocycles. The van der Waals surface area contributed by atoms with Crippen LogP contribution in [0.2, 0.25) is 0 Å². The Morgan fingerprint density at radius 3 is 2.83 bits per heavy atom. The Labute approximate surface area is 105 Å². The molecular formula is C10H16N2O5S. The van der Waals surface area contributed by atoms with E-state index in [1.54, 1.807) is 13.8 Å². The number of aromatic nitrogens is 1. The number of carbonyl (C=O) groups is 1. The summed E-state index contributed by atoms with van der Waals surface area (Å²) in [6.45, 7) is 3.70. The first-order valence-electron chi connectivity index (χ1n) is 5.55. The Kier molecular flexibility index (Phi) is 5.14. The van der Waals surface area contributed by atoms with Crippen LogP contribution in [0.3, 0.4) is 0 Å². The second-order valence-electron chi connectivity index (χ2n) is 3.42. The number of nitrogens with one attached hydrogen (secondary N) is 1. The molecule has 7 nitrogen and oxygen atoms in total. The van der Waals surface area contributed by atoms with Crippen molar-refractivity contribution >= 4 is 21.8 Å². The predicted molar refractivity (Wildman–Crippen MR) is 65.3 cm³/mol. The topological polar surface area (TPSA) is 98.5 Å². The van der Waals surface area contributed by atoms with Crippen LogP contribution >= 0.6 is 0 Å². The lowest BCUT2D eigenvalue weighted by Crippen LogP contribution is -2.17. The highest BCUT2D eigenvalue weighted by Crippen LogP contribution is 2.08. The van der Waals surface area contributed by atoms with Gasteiger partial charge >= 0.3 is 5.97 Å². The molecule has 0 aliphatic carbocycles. The van der Waals surface area contributed by atoms with Crippen molar-refractivity contribution in [3.8, 4) is 0 Å². The van der Waals surface area contributed by atoms with Crippen molar-refractivity contribution in [2.45, 2.75) is 13.8 Å². The number of hydrogen-bond acceptors (Lipinski definition) is 7. The lowest BCUT2D eigenvalue weighted by molar-refractivity contribution is 0.0519. The van der Waals surface area contributed by atoms with Crippen molar-refractivity contribution in [3.05, 3.63) is 12.0 Å². The molecule has 102 valence electrons. The summed E-state index contributed by atoms with van der Waals surface area (Å²) in [6, 6.07) is 0.101. The molecule has 0 aliphatic heterocycles. The number of nitrogens with zero attached hydrogens (tertiary/aromatic N) is 1. The summed E-state index contributed by atoms with van der Waals surface area (Å²) in [4.78, 5) is 15.1. The average molecular weight is 276 g/mol. The smallest absolute Gasteiger partial charge is 0.360 e. The van der Waals surface area contributed by atoms with Gasteiger partial charge in [-0.05, 0) is 6.92 Å². The Bertz CT molecular complexity index is 494. The quantitative estimate of drug-likeness (QED) is 0.732. The summed E-state index contributed by atoms with van der Waals surface area (Å²) in [5.41, 5.74) is 0.0534. The van der Waals surface area contributed by atoms with Crippen LogP contribution in [0.15, 0.2) is 10.7 Å². The minimum absolute atomic E-state index is 0.0133. The molecule has 1 aromatic rings. The van der Waals surface area contributed by atoms with Gasteiger partial charge in [0.25, 0.3) is 6.01 Å². The average Bonchev–Trinajstić information content (AvgIpc) is 2.78.